The number of likely N-dealkylation sites (tertiary alicyclic amines) is 1. The van der Waals surface area contributed by atoms with Crippen molar-refractivity contribution >= 4 is 0 Å². The van der Waals surface area contributed by atoms with Crippen molar-refractivity contribution in [3.05, 3.63) is 23.3 Å². The smallest absolute Gasteiger partial charge is 0.345 e. The highest BCUT2D eigenvalue weighted by Crippen LogP contribution is 2.58. The van der Waals surface area contributed by atoms with Gasteiger partial charge in [0.15, 0.2) is 0 Å². The minimum absolute atomic E-state index is 0.145. The summed E-state index contributed by atoms with van der Waals surface area (Å²) in [5, 5.41) is 9.92. The Hall–Kier alpha value is -0.780. The quantitative estimate of drug-likeness (QED) is 0.646. The molecule has 29 heavy (non-hydrogen) atoms. The predicted molar refractivity (Wildman–Crippen MR) is 111 cm³/mol. The second-order valence-corrected chi connectivity index (χ2v) is 10.1. The maximum absolute atomic E-state index is 12.3. The van der Waals surface area contributed by atoms with Crippen molar-refractivity contribution in [2.75, 3.05) is 19.6 Å². The first kappa shape index (κ1) is 21.5. The number of hydrogen-bond acceptors (Lipinski definition) is 3. The fourth-order valence-electron chi connectivity index (χ4n) is 6.54. The highest BCUT2D eigenvalue weighted by atomic mass is 19.3. The third-order valence-electron chi connectivity index (χ3n) is 8.24. The summed E-state index contributed by atoms with van der Waals surface area (Å²) < 4.78 is 29.1. The Morgan fingerprint density at radius 1 is 1.17 bits per heavy atom. The molecule has 4 rings (SSSR count). The molecule has 0 bridgehead atoms. The van der Waals surface area contributed by atoms with E-state index in [4.69, 9.17) is 0 Å². The predicted octanol–water partition coefficient (Wildman–Crippen LogP) is 5.30. The van der Waals surface area contributed by atoms with E-state index in [1.807, 2.05) is 0 Å². The number of aliphatic hydroxyl groups is 1. The maximum Gasteiger partial charge on any atom is 0.345 e. The van der Waals surface area contributed by atoms with Gasteiger partial charge in [0.25, 0.3) is 0 Å². The number of rotatable bonds is 6. The van der Waals surface area contributed by atoms with Crippen LogP contribution in [0.25, 0.3) is 0 Å². The zero-order chi connectivity index (χ0) is 20.4. The Bertz CT molecular complexity index is 628. The molecular weight excluding hydrogens is 372 g/mol. The topological polar surface area (TPSA) is 32.7 Å². The molecule has 0 aromatic rings. The molecule has 0 aromatic carbocycles. The van der Waals surface area contributed by atoms with Crippen molar-refractivity contribution in [2.24, 2.45) is 17.3 Å². The molecule has 0 spiro atoms. The molecule has 1 N–H and O–H groups in total. The fourth-order valence-corrected chi connectivity index (χ4v) is 6.54. The Balaban J connectivity index is 1.32. The lowest BCUT2D eigenvalue weighted by atomic mass is 9.63. The van der Waals surface area contributed by atoms with E-state index < -0.39 is 6.61 Å². The molecule has 1 saturated heterocycles. The average molecular weight is 410 g/mol. The van der Waals surface area contributed by atoms with Crippen molar-refractivity contribution in [1.29, 1.82) is 0 Å². The third kappa shape index (κ3) is 4.94. The molecule has 3 saturated carbocycles. The number of ether oxygens (including phenoxy) is 1. The van der Waals surface area contributed by atoms with Crippen molar-refractivity contribution < 1.29 is 18.6 Å². The van der Waals surface area contributed by atoms with Crippen LogP contribution in [-0.4, -0.2) is 48.5 Å². The van der Waals surface area contributed by atoms with Gasteiger partial charge >= 0.3 is 6.61 Å². The first-order chi connectivity index (χ1) is 13.9. The Morgan fingerprint density at radius 3 is 2.76 bits per heavy atom. The van der Waals surface area contributed by atoms with Crippen LogP contribution in [0, 0.1) is 17.3 Å². The van der Waals surface area contributed by atoms with E-state index in [9.17, 15) is 13.9 Å². The van der Waals surface area contributed by atoms with Crippen molar-refractivity contribution in [1.82, 2.24) is 4.90 Å². The second kappa shape index (κ2) is 9.15. The lowest BCUT2D eigenvalue weighted by Gasteiger charge is -2.44. The number of nitrogens with zero attached hydrogens (tertiary/aromatic N) is 1. The van der Waals surface area contributed by atoms with Crippen LogP contribution in [0.15, 0.2) is 23.3 Å². The summed E-state index contributed by atoms with van der Waals surface area (Å²) >= 11 is 0. The van der Waals surface area contributed by atoms with Gasteiger partial charge in [0.05, 0.1) is 12.2 Å². The molecule has 1 aliphatic heterocycles. The molecule has 3 unspecified atom stereocenters. The Kier molecular flexibility index (Phi) is 6.77. The number of aliphatic hydroxyl groups excluding tert-OH is 1. The molecule has 3 nitrogen and oxygen atoms in total. The molecule has 164 valence electrons. The first-order valence-corrected chi connectivity index (χ1v) is 11.7. The van der Waals surface area contributed by atoms with E-state index >= 15 is 0 Å². The lowest BCUT2D eigenvalue weighted by Crippen LogP contribution is -2.53. The van der Waals surface area contributed by atoms with E-state index in [0.717, 1.165) is 38.1 Å². The van der Waals surface area contributed by atoms with Gasteiger partial charge in [0, 0.05) is 13.1 Å². The largest absolute Gasteiger partial charge is 0.393 e. The summed E-state index contributed by atoms with van der Waals surface area (Å²) in [7, 11) is 0. The average Bonchev–Trinajstić information content (AvgIpc) is 2.98. The van der Waals surface area contributed by atoms with Crippen LogP contribution in [-0.2, 0) is 4.74 Å². The molecule has 0 aromatic heterocycles. The molecule has 0 radical (unpaired) electrons. The molecule has 4 fully saturated rings. The fraction of sp³-hybridized carbons (Fsp3) is 0.833. The van der Waals surface area contributed by atoms with Gasteiger partial charge in [-0.3, -0.25) is 4.90 Å². The minimum atomic E-state index is -2.64. The molecule has 4 aliphatic rings. The molecule has 3 aliphatic carbocycles. The summed E-state index contributed by atoms with van der Waals surface area (Å²) in [5.41, 5.74) is 3.43. The van der Waals surface area contributed by atoms with Crippen LogP contribution < -0.4 is 0 Å². The third-order valence-corrected chi connectivity index (χ3v) is 8.24. The summed E-state index contributed by atoms with van der Waals surface area (Å²) in [4.78, 5) is 2.27. The van der Waals surface area contributed by atoms with Crippen molar-refractivity contribution in [2.45, 2.75) is 90.0 Å². The van der Waals surface area contributed by atoms with Crippen molar-refractivity contribution in [3.63, 3.8) is 0 Å². The van der Waals surface area contributed by atoms with Crippen LogP contribution >= 0.6 is 0 Å². The summed E-state index contributed by atoms with van der Waals surface area (Å²) in [5.74, 6) is 1.42. The van der Waals surface area contributed by atoms with Gasteiger partial charge in [-0.25, -0.2) is 0 Å². The summed E-state index contributed by atoms with van der Waals surface area (Å²) in [6.45, 7) is 2.18. The van der Waals surface area contributed by atoms with Crippen LogP contribution in [0.1, 0.15) is 71.1 Å². The van der Waals surface area contributed by atoms with Gasteiger partial charge < -0.3 is 9.84 Å². The molecular formula is C24H37F2NO2. The normalized spacial score (nSPS) is 39.3. The second-order valence-electron chi connectivity index (χ2n) is 10.1. The number of halogens is 2. The van der Waals surface area contributed by atoms with Crippen LogP contribution in [0.3, 0.4) is 0 Å². The molecule has 4 atom stereocenters. The van der Waals surface area contributed by atoms with Gasteiger partial charge in [0.2, 0.25) is 0 Å². The van der Waals surface area contributed by atoms with Gasteiger partial charge in [0.1, 0.15) is 0 Å². The zero-order valence-electron chi connectivity index (χ0n) is 17.8. The van der Waals surface area contributed by atoms with Crippen LogP contribution in [0.2, 0.25) is 0 Å². The highest BCUT2D eigenvalue weighted by Gasteiger charge is 2.49. The van der Waals surface area contributed by atoms with E-state index in [1.165, 1.54) is 44.1 Å². The number of alkyl halides is 2. The number of fused-ring (bicyclic) bond motifs is 1. The Morgan fingerprint density at radius 2 is 2.00 bits per heavy atom. The van der Waals surface area contributed by atoms with E-state index in [1.54, 1.807) is 5.57 Å². The standard InChI is InChI=1S/C24H37F2NO2/c1-24-12-3-5-18(8-7-17-4-2-6-20(28)14-17)22(24)10-9-19(24)11-13-27-15-21(16-27)29-23(25)26/h7-8,19-23,28H,2-6,9-16H2,1H3/b17-7-,18-8+/t19-,20?,22?,24?/m1/s1. The van der Waals surface area contributed by atoms with E-state index in [0.29, 0.717) is 24.4 Å². The zero-order valence-corrected chi connectivity index (χ0v) is 17.8. The summed E-state index contributed by atoms with van der Waals surface area (Å²) in [6.07, 6.45) is 15.9. The van der Waals surface area contributed by atoms with Gasteiger partial charge in [-0.05, 0) is 88.0 Å². The Labute approximate surface area is 174 Å². The van der Waals surface area contributed by atoms with Gasteiger partial charge in [-0.1, -0.05) is 30.2 Å². The van der Waals surface area contributed by atoms with Crippen LogP contribution in [0.4, 0.5) is 8.78 Å². The molecule has 1 heterocycles. The van der Waals surface area contributed by atoms with Gasteiger partial charge in [-0.15, -0.1) is 0 Å². The maximum atomic E-state index is 12.3. The SMILES string of the molecule is CC12CCC/C(=C\C=C3\CCCC(O)C3)C1CC[C@@H]2CCN1CC(OC(F)F)C1. The number of hydrogen-bond donors (Lipinski definition) is 1. The van der Waals surface area contributed by atoms with Crippen LogP contribution in [0.5, 0.6) is 0 Å². The summed E-state index contributed by atoms with van der Waals surface area (Å²) in [6, 6.07) is 0. The monoisotopic (exact) mass is 409 g/mol. The number of allylic oxidation sites excluding steroid dienone is 3. The highest BCUT2D eigenvalue weighted by molar-refractivity contribution is 5.25. The van der Waals surface area contributed by atoms with E-state index in [2.05, 4.69) is 28.7 Å². The van der Waals surface area contributed by atoms with Gasteiger partial charge in [-0.2, -0.15) is 8.78 Å². The molecule has 0 amide bonds. The molecule has 5 heteroatoms. The first-order valence-electron chi connectivity index (χ1n) is 11.7. The minimum Gasteiger partial charge on any atom is -0.393 e. The van der Waals surface area contributed by atoms with E-state index in [-0.39, 0.29) is 12.2 Å². The lowest BCUT2D eigenvalue weighted by molar-refractivity contribution is -0.196. The van der Waals surface area contributed by atoms with Crippen molar-refractivity contribution in [3.8, 4) is 0 Å².